The first kappa shape index (κ1) is 13.6. The van der Waals surface area contributed by atoms with E-state index in [0.29, 0.717) is 0 Å². The molecule has 18 heavy (non-hydrogen) atoms. The van der Waals surface area contributed by atoms with Gasteiger partial charge in [0.15, 0.2) is 0 Å². The van der Waals surface area contributed by atoms with Crippen molar-refractivity contribution in [1.82, 2.24) is 4.31 Å². The predicted molar refractivity (Wildman–Crippen MR) is 67.5 cm³/mol. The van der Waals surface area contributed by atoms with Crippen LogP contribution >= 0.6 is 15.9 Å². The summed E-state index contributed by atoms with van der Waals surface area (Å²) in [6.07, 6.45) is 0.191. The predicted octanol–water partition coefficient (Wildman–Crippen LogP) is 1.55. The van der Waals surface area contributed by atoms with Gasteiger partial charge in [-0.05, 0) is 24.3 Å². The summed E-state index contributed by atoms with van der Waals surface area (Å²) in [4.78, 5) is 10.9. The molecule has 1 unspecified atom stereocenters. The van der Waals surface area contributed by atoms with Crippen molar-refractivity contribution < 1.29 is 17.6 Å². The summed E-state index contributed by atoms with van der Waals surface area (Å²) in [6.45, 7) is 0.277. The molecule has 1 aliphatic heterocycles. The van der Waals surface area contributed by atoms with E-state index < -0.39 is 20.7 Å². The second-order valence-corrected chi connectivity index (χ2v) is 7.04. The molecule has 1 aliphatic rings. The summed E-state index contributed by atoms with van der Waals surface area (Å²) >= 11 is 3.16. The number of alkyl halides is 1. The molecule has 1 heterocycles. The van der Waals surface area contributed by atoms with Gasteiger partial charge in [-0.25, -0.2) is 12.8 Å². The number of hydrogen-bond acceptors (Lipinski definition) is 3. The number of carbonyl (C=O) groups is 1. The number of ketones is 1. The van der Waals surface area contributed by atoms with E-state index in [0.717, 1.165) is 12.1 Å². The highest BCUT2D eigenvalue weighted by molar-refractivity contribution is 9.10. The molecular weight excluding hydrogens is 325 g/mol. The molecule has 98 valence electrons. The lowest BCUT2D eigenvalue weighted by Crippen LogP contribution is -2.44. The molecule has 1 atom stereocenters. The average molecular weight is 336 g/mol. The molecule has 4 nitrogen and oxygen atoms in total. The van der Waals surface area contributed by atoms with Crippen molar-refractivity contribution in [3.8, 4) is 0 Å². The second-order valence-electron chi connectivity index (χ2n) is 4.00. The summed E-state index contributed by atoms with van der Waals surface area (Å²) in [7, 11) is -3.65. The number of piperidine rings is 1. The van der Waals surface area contributed by atoms with Crippen LogP contribution in [0.3, 0.4) is 0 Å². The zero-order valence-electron chi connectivity index (χ0n) is 9.34. The van der Waals surface area contributed by atoms with Crippen LogP contribution in [0.5, 0.6) is 0 Å². The van der Waals surface area contributed by atoms with Gasteiger partial charge in [0.1, 0.15) is 11.6 Å². The maximum absolute atomic E-state index is 12.8. The van der Waals surface area contributed by atoms with Gasteiger partial charge in [-0.1, -0.05) is 15.9 Å². The van der Waals surface area contributed by atoms with Gasteiger partial charge in [-0.2, -0.15) is 4.31 Å². The zero-order chi connectivity index (χ0) is 13.3. The van der Waals surface area contributed by atoms with Gasteiger partial charge in [0.25, 0.3) is 0 Å². The number of nitrogens with zero attached hydrogens (tertiary/aromatic N) is 1. The van der Waals surface area contributed by atoms with Crippen LogP contribution in [0.4, 0.5) is 4.39 Å². The lowest BCUT2D eigenvalue weighted by molar-refractivity contribution is -0.119. The van der Waals surface area contributed by atoms with Gasteiger partial charge in [0.05, 0.1) is 9.72 Å². The van der Waals surface area contributed by atoms with Crippen molar-refractivity contribution in [3.63, 3.8) is 0 Å². The van der Waals surface area contributed by atoms with Crippen molar-refractivity contribution >= 4 is 31.7 Å². The number of Topliss-reactive ketones (excluding diaryl/α,β-unsaturated/α-hetero) is 1. The number of hydrogen-bond donors (Lipinski definition) is 0. The Hall–Kier alpha value is -0.790. The number of sulfonamides is 1. The fraction of sp³-hybridized carbons (Fsp3) is 0.364. The third kappa shape index (κ3) is 2.62. The fourth-order valence-corrected chi connectivity index (χ4v) is 3.96. The molecule has 0 radical (unpaired) electrons. The molecule has 0 bridgehead atoms. The molecule has 0 spiro atoms. The van der Waals surface area contributed by atoms with Crippen LogP contribution in [0.15, 0.2) is 29.2 Å². The van der Waals surface area contributed by atoms with Crippen molar-refractivity contribution in [3.05, 3.63) is 30.1 Å². The quantitative estimate of drug-likeness (QED) is 0.770. The van der Waals surface area contributed by atoms with Crippen molar-refractivity contribution in [1.29, 1.82) is 0 Å². The Labute approximate surface area is 113 Å². The molecule has 0 saturated carbocycles. The van der Waals surface area contributed by atoms with Crippen LogP contribution in [-0.2, 0) is 14.8 Å². The molecule has 0 aromatic heterocycles. The van der Waals surface area contributed by atoms with E-state index in [-0.39, 0.29) is 30.2 Å². The lowest BCUT2D eigenvalue weighted by atomic mass is 10.1. The Morgan fingerprint density at radius 1 is 1.28 bits per heavy atom. The first-order valence-corrected chi connectivity index (χ1v) is 7.69. The minimum absolute atomic E-state index is 0.000515. The molecule has 1 aromatic rings. The highest BCUT2D eigenvalue weighted by Gasteiger charge is 2.33. The normalized spacial score (nSPS) is 22.1. The fourth-order valence-electron chi connectivity index (χ4n) is 1.74. The van der Waals surface area contributed by atoms with Crippen LogP contribution in [0, 0.1) is 5.82 Å². The molecule has 1 fully saturated rings. The van der Waals surface area contributed by atoms with E-state index in [1.165, 1.54) is 16.4 Å². The van der Waals surface area contributed by atoms with Crippen molar-refractivity contribution in [2.75, 3.05) is 13.1 Å². The van der Waals surface area contributed by atoms with Crippen LogP contribution in [0.1, 0.15) is 6.42 Å². The topological polar surface area (TPSA) is 54.5 Å². The third-order valence-electron chi connectivity index (χ3n) is 2.77. The smallest absolute Gasteiger partial charge is 0.243 e. The number of rotatable bonds is 2. The van der Waals surface area contributed by atoms with E-state index in [1.807, 2.05) is 0 Å². The first-order chi connectivity index (χ1) is 8.41. The summed E-state index contributed by atoms with van der Waals surface area (Å²) in [6, 6.07) is 4.66. The second kappa shape index (κ2) is 5.07. The van der Waals surface area contributed by atoms with Gasteiger partial charge in [-0.3, -0.25) is 4.79 Å². The van der Waals surface area contributed by atoms with Gasteiger partial charge in [0.2, 0.25) is 10.0 Å². The SMILES string of the molecule is O=C1CCN(S(=O)(=O)c2ccc(F)cc2)CC1Br. The molecule has 1 saturated heterocycles. The Morgan fingerprint density at radius 2 is 1.89 bits per heavy atom. The lowest BCUT2D eigenvalue weighted by Gasteiger charge is -2.28. The average Bonchev–Trinajstić information content (AvgIpc) is 2.33. The standard InChI is InChI=1S/C11H11BrFNO3S/c12-10-7-14(6-5-11(10)15)18(16,17)9-3-1-8(13)2-4-9/h1-4,10H,5-7H2. The molecule has 0 N–H and O–H groups in total. The van der Waals surface area contributed by atoms with E-state index in [9.17, 15) is 17.6 Å². The van der Waals surface area contributed by atoms with Crippen LogP contribution < -0.4 is 0 Å². The number of halogens is 2. The van der Waals surface area contributed by atoms with Crippen molar-refractivity contribution in [2.45, 2.75) is 16.1 Å². The van der Waals surface area contributed by atoms with Crippen LogP contribution in [0.2, 0.25) is 0 Å². The van der Waals surface area contributed by atoms with Gasteiger partial charge < -0.3 is 0 Å². The Kier molecular flexibility index (Phi) is 3.84. The van der Waals surface area contributed by atoms with Crippen molar-refractivity contribution in [2.24, 2.45) is 0 Å². The maximum atomic E-state index is 12.8. The van der Waals surface area contributed by atoms with Gasteiger partial charge in [-0.15, -0.1) is 0 Å². The monoisotopic (exact) mass is 335 g/mol. The molecular formula is C11H11BrFNO3S. The third-order valence-corrected chi connectivity index (χ3v) is 5.45. The summed E-state index contributed by atoms with van der Waals surface area (Å²) in [5.74, 6) is -0.485. The minimum Gasteiger partial charge on any atom is -0.298 e. The number of benzene rings is 1. The highest BCUT2D eigenvalue weighted by Crippen LogP contribution is 2.22. The van der Waals surface area contributed by atoms with Gasteiger partial charge in [0, 0.05) is 19.5 Å². The van der Waals surface area contributed by atoms with E-state index in [4.69, 9.17) is 0 Å². The Bertz CT molecular complexity index is 558. The Balaban J connectivity index is 2.26. The van der Waals surface area contributed by atoms with E-state index >= 15 is 0 Å². The summed E-state index contributed by atoms with van der Waals surface area (Å²) < 4.78 is 38.5. The summed E-state index contributed by atoms with van der Waals surface area (Å²) in [5.41, 5.74) is 0. The van der Waals surface area contributed by atoms with Crippen LogP contribution in [0.25, 0.3) is 0 Å². The maximum Gasteiger partial charge on any atom is 0.243 e. The molecule has 7 heteroatoms. The van der Waals surface area contributed by atoms with Gasteiger partial charge >= 0.3 is 0 Å². The largest absolute Gasteiger partial charge is 0.298 e. The Morgan fingerprint density at radius 3 is 2.44 bits per heavy atom. The first-order valence-electron chi connectivity index (χ1n) is 5.34. The number of carbonyl (C=O) groups excluding carboxylic acids is 1. The minimum atomic E-state index is -3.65. The molecule has 0 aliphatic carbocycles. The summed E-state index contributed by atoms with van der Waals surface area (Å²) in [5, 5.41) is 0. The zero-order valence-corrected chi connectivity index (χ0v) is 11.7. The molecule has 0 amide bonds. The highest BCUT2D eigenvalue weighted by atomic mass is 79.9. The molecule has 2 rings (SSSR count). The van der Waals surface area contributed by atoms with Crippen LogP contribution in [-0.4, -0.2) is 36.4 Å². The van der Waals surface area contributed by atoms with E-state index in [1.54, 1.807) is 0 Å². The molecule has 1 aromatic carbocycles. The van der Waals surface area contributed by atoms with E-state index in [2.05, 4.69) is 15.9 Å².